The molecule has 110 valence electrons. The topological polar surface area (TPSA) is 29.1 Å². The molecule has 0 fully saturated rings. The lowest BCUT2D eigenvalue weighted by molar-refractivity contribution is -0.116. The van der Waals surface area contributed by atoms with Crippen LogP contribution in [0.3, 0.4) is 0 Å². The molecule has 0 heterocycles. The SMILES string of the molecule is Cc1ccc(NC(=O)CCCSc2ccccc2)c(Br)c1. The van der Waals surface area contributed by atoms with Crippen molar-refractivity contribution in [2.75, 3.05) is 11.1 Å². The largest absolute Gasteiger partial charge is 0.325 e. The standard InChI is InChI=1S/C17H18BrNOS/c1-13-9-10-16(15(18)12-13)19-17(20)8-5-11-21-14-6-3-2-4-7-14/h2-4,6-7,9-10,12H,5,8,11H2,1H3,(H,19,20). The van der Waals surface area contributed by atoms with Crippen LogP contribution in [0.25, 0.3) is 0 Å². The molecule has 2 aromatic carbocycles. The summed E-state index contributed by atoms with van der Waals surface area (Å²) in [6.07, 6.45) is 1.41. The molecule has 2 rings (SSSR count). The molecule has 0 aliphatic rings. The minimum Gasteiger partial charge on any atom is -0.325 e. The first-order chi connectivity index (χ1) is 10.1. The maximum Gasteiger partial charge on any atom is 0.224 e. The van der Waals surface area contributed by atoms with Crippen LogP contribution in [0.2, 0.25) is 0 Å². The average Bonchev–Trinajstić information content (AvgIpc) is 2.48. The quantitative estimate of drug-likeness (QED) is 0.559. The summed E-state index contributed by atoms with van der Waals surface area (Å²) in [6, 6.07) is 16.2. The number of carbonyl (C=O) groups is 1. The summed E-state index contributed by atoms with van der Waals surface area (Å²) in [7, 11) is 0. The Labute approximate surface area is 138 Å². The van der Waals surface area contributed by atoms with Gasteiger partial charge >= 0.3 is 0 Å². The Morgan fingerprint density at radius 2 is 1.95 bits per heavy atom. The molecule has 1 N–H and O–H groups in total. The molecule has 0 radical (unpaired) electrons. The number of amides is 1. The third-order valence-electron chi connectivity index (χ3n) is 2.96. The van der Waals surface area contributed by atoms with Gasteiger partial charge in [0.25, 0.3) is 0 Å². The molecule has 0 spiro atoms. The molecule has 0 aromatic heterocycles. The highest BCUT2D eigenvalue weighted by Gasteiger charge is 2.05. The van der Waals surface area contributed by atoms with Gasteiger partial charge < -0.3 is 5.32 Å². The molecule has 4 heteroatoms. The number of thioether (sulfide) groups is 1. The van der Waals surface area contributed by atoms with Crippen LogP contribution in [-0.4, -0.2) is 11.7 Å². The first-order valence-corrected chi connectivity index (χ1v) is 8.67. The van der Waals surface area contributed by atoms with Crippen LogP contribution in [0.1, 0.15) is 18.4 Å². The number of nitrogens with one attached hydrogen (secondary N) is 1. The van der Waals surface area contributed by atoms with Gasteiger partial charge in [0, 0.05) is 15.8 Å². The van der Waals surface area contributed by atoms with Gasteiger partial charge in [-0.05, 0) is 64.9 Å². The van der Waals surface area contributed by atoms with Crippen molar-refractivity contribution in [2.45, 2.75) is 24.7 Å². The zero-order valence-electron chi connectivity index (χ0n) is 11.9. The minimum absolute atomic E-state index is 0.0632. The van der Waals surface area contributed by atoms with Crippen molar-refractivity contribution in [2.24, 2.45) is 0 Å². The monoisotopic (exact) mass is 363 g/mol. The van der Waals surface area contributed by atoms with Crippen LogP contribution in [0.15, 0.2) is 57.9 Å². The highest BCUT2D eigenvalue weighted by molar-refractivity contribution is 9.10. The molecule has 1 amide bonds. The van der Waals surface area contributed by atoms with E-state index in [2.05, 4.69) is 33.4 Å². The predicted molar refractivity (Wildman–Crippen MR) is 93.9 cm³/mol. The van der Waals surface area contributed by atoms with Gasteiger partial charge in [-0.3, -0.25) is 4.79 Å². The van der Waals surface area contributed by atoms with Crippen molar-refractivity contribution in [3.05, 3.63) is 58.6 Å². The molecule has 0 saturated heterocycles. The zero-order chi connectivity index (χ0) is 15.1. The highest BCUT2D eigenvalue weighted by Crippen LogP contribution is 2.24. The van der Waals surface area contributed by atoms with Crippen LogP contribution >= 0.6 is 27.7 Å². The molecule has 0 unspecified atom stereocenters. The summed E-state index contributed by atoms with van der Waals surface area (Å²) in [5, 5.41) is 2.94. The Hall–Kier alpha value is -1.26. The van der Waals surface area contributed by atoms with Crippen molar-refractivity contribution in [3.63, 3.8) is 0 Å². The molecule has 0 atom stereocenters. The van der Waals surface area contributed by atoms with Crippen LogP contribution in [0.4, 0.5) is 5.69 Å². The summed E-state index contributed by atoms with van der Waals surface area (Å²) < 4.78 is 0.925. The van der Waals surface area contributed by atoms with E-state index in [9.17, 15) is 4.79 Å². The first-order valence-electron chi connectivity index (χ1n) is 6.89. The molecular weight excluding hydrogens is 346 g/mol. The van der Waals surface area contributed by atoms with Gasteiger partial charge in [-0.15, -0.1) is 11.8 Å². The van der Waals surface area contributed by atoms with Crippen LogP contribution in [0, 0.1) is 6.92 Å². The van der Waals surface area contributed by atoms with Crippen molar-refractivity contribution < 1.29 is 4.79 Å². The van der Waals surface area contributed by atoms with Crippen LogP contribution < -0.4 is 5.32 Å². The molecule has 0 aliphatic carbocycles. The maximum atomic E-state index is 11.9. The fourth-order valence-electron chi connectivity index (χ4n) is 1.87. The Morgan fingerprint density at radius 3 is 2.67 bits per heavy atom. The van der Waals surface area contributed by atoms with Gasteiger partial charge in [0.2, 0.25) is 5.91 Å². The number of hydrogen-bond donors (Lipinski definition) is 1. The first kappa shape index (κ1) is 16.1. The van der Waals surface area contributed by atoms with E-state index in [1.54, 1.807) is 11.8 Å². The summed E-state index contributed by atoms with van der Waals surface area (Å²) in [6.45, 7) is 2.02. The fourth-order valence-corrected chi connectivity index (χ4v) is 3.34. The Balaban J connectivity index is 1.72. The van der Waals surface area contributed by atoms with Crippen molar-refractivity contribution in [1.82, 2.24) is 0 Å². The second kappa shape index (κ2) is 8.25. The highest BCUT2D eigenvalue weighted by atomic mass is 79.9. The Kier molecular flexibility index (Phi) is 6.33. The van der Waals surface area contributed by atoms with Crippen molar-refractivity contribution >= 4 is 39.3 Å². The third-order valence-corrected chi connectivity index (χ3v) is 4.71. The number of benzene rings is 2. The van der Waals surface area contributed by atoms with Crippen molar-refractivity contribution in [3.8, 4) is 0 Å². The number of carbonyl (C=O) groups excluding carboxylic acids is 1. The lowest BCUT2D eigenvalue weighted by Gasteiger charge is -2.08. The van der Waals surface area contributed by atoms with E-state index in [-0.39, 0.29) is 5.91 Å². The lowest BCUT2D eigenvalue weighted by atomic mass is 10.2. The molecule has 0 aliphatic heterocycles. The summed E-state index contributed by atoms with van der Waals surface area (Å²) in [5.74, 6) is 1.01. The van der Waals surface area contributed by atoms with Gasteiger partial charge in [0.15, 0.2) is 0 Å². The number of hydrogen-bond acceptors (Lipinski definition) is 2. The van der Waals surface area contributed by atoms with E-state index in [1.165, 1.54) is 10.5 Å². The Bertz CT molecular complexity index is 601. The molecule has 21 heavy (non-hydrogen) atoms. The van der Waals surface area contributed by atoms with Gasteiger partial charge in [-0.2, -0.15) is 0 Å². The van der Waals surface area contributed by atoms with Crippen molar-refractivity contribution in [1.29, 1.82) is 0 Å². The fraction of sp³-hybridized carbons (Fsp3) is 0.235. The number of aryl methyl sites for hydroxylation is 1. The van der Waals surface area contributed by atoms with Gasteiger partial charge in [-0.25, -0.2) is 0 Å². The van der Waals surface area contributed by atoms with E-state index < -0.39 is 0 Å². The van der Waals surface area contributed by atoms with E-state index >= 15 is 0 Å². The molecule has 2 nitrogen and oxygen atoms in total. The third kappa shape index (κ3) is 5.56. The van der Waals surface area contributed by atoms with Crippen LogP contribution in [-0.2, 0) is 4.79 Å². The molecule has 0 saturated carbocycles. The second-order valence-electron chi connectivity index (χ2n) is 4.80. The molecular formula is C17H18BrNOS. The van der Waals surface area contributed by atoms with Crippen LogP contribution in [0.5, 0.6) is 0 Å². The van der Waals surface area contributed by atoms with E-state index in [0.717, 1.165) is 22.3 Å². The molecule has 0 bridgehead atoms. The molecule has 2 aromatic rings. The normalized spacial score (nSPS) is 10.4. The maximum absolute atomic E-state index is 11.9. The van der Waals surface area contributed by atoms with E-state index in [4.69, 9.17) is 0 Å². The summed E-state index contributed by atoms with van der Waals surface area (Å²) in [5.41, 5.74) is 2.00. The van der Waals surface area contributed by atoms with Gasteiger partial charge in [-0.1, -0.05) is 24.3 Å². The summed E-state index contributed by atoms with van der Waals surface area (Å²) >= 11 is 5.25. The van der Waals surface area contributed by atoms with E-state index in [1.807, 2.05) is 43.3 Å². The Morgan fingerprint density at radius 1 is 1.19 bits per heavy atom. The van der Waals surface area contributed by atoms with Gasteiger partial charge in [0.1, 0.15) is 0 Å². The number of anilines is 1. The summed E-state index contributed by atoms with van der Waals surface area (Å²) in [4.78, 5) is 13.2. The van der Waals surface area contributed by atoms with Gasteiger partial charge in [0.05, 0.1) is 5.69 Å². The second-order valence-corrected chi connectivity index (χ2v) is 6.82. The average molecular weight is 364 g/mol. The lowest BCUT2D eigenvalue weighted by Crippen LogP contribution is -2.11. The zero-order valence-corrected chi connectivity index (χ0v) is 14.3. The van der Waals surface area contributed by atoms with E-state index in [0.29, 0.717) is 6.42 Å². The number of halogens is 1. The smallest absolute Gasteiger partial charge is 0.224 e. The predicted octanol–water partition coefficient (Wildman–Crippen LogP) is 5.27. The number of rotatable bonds is 6. The minimum atomic E-state index is 0.0632.